The lowest BCUT2D eigenvalue weighted by Crippen LogP contribution is -2.57. The maximum Gasteiger partial charge on any atom is 0.434 e. The first-order valence-corrected chi connectivity index (χ1v) is 11.2. The van der Waals surface area contributed by atoms with Gasteiger partial charge in [-0.1, -0.05) is 6.92 Å². The Labute approximate surface area is 187 Å². The molecular weight excluding hydrogens is 502 g/mol. The van der Waals surface area contributed by atoms with E-state index in [4.69, 9.17) is 5.73 Å². The van der Waals surface area contributed by atoms with Crippen LogP contribution in [0.2, 0.25) is 0 Å². The Morgan fingerprint density at radius 3 is 2.09 bits per heavy atom. The molecular formula is C17H16F6N4O4S2. The normalized spacial score (nSPS) is 15.5. The van der Waals surface area contributed by atoms with Crippen LogP contribution in [0.3, 0.4) is 0 Å². The van der Waals surface area contributed by atoms with E-state index in [1.54, 1.807) is 0 Å². The van der Waals surface area contributed by atoms with Crippen LogP contribution in [0.1, 0.15) is 42.7 Å². The van der Waals surface area contributed by atoms with Crippen molar-refractivity contribution in [3.63, 3.8) is 0 Å². The Balaban J connectivity index is 2.71. The molecule has 2 heterocycles. The average molecular weight is 518 g/mol. The number of rotatable bonds is 7. The summed E-state index contributed by atoms with van der Waals surface area (Å²) >= 11 is 0.316. The summed E-state index contributed by atoms with van der Waals surface area (Å²) in [5.41, 5.74) is 2.50. The fraction of sp³-hybridized carbons (Fsp3) is 0.412. The molecule has 2 unspecified atom stereocenters. The third kappa shape index (κ3) is 5.10. The van der Waals surface area contributed by atoms with Gasteiger partial charge in [0.1, 0.15) is 16.7 Å². The smallest absolute Gasteiger partial charge is 0.368 e. The molecule has 0 aliphatic heterocycles. The van der Waals surface area contributed by atoms with Crippen molar-refractivity contribution in [2.75, 3.05) is 0 Å². The molecule has 2 rings (SSSR count). The third-order valence-corrected chi connectivity index (χ3v) is 7.95. The average Bonchev–Trinajstić information content (AvgIpc) is 3.20. The van der Waals surface area contributed by atoms with E-state index in [1.807, 2.05) is 0 Å². The highest BCUT2D eigenvalue weighted by atomic mass is 32.2. The minimum absolute atomic E-state index is 0.245. The van der Waals surface area contributed by atoms with Crippen molar-refractivity contribution in [3.05, 3.63) is 40.1 Å². The van der Waals surface area contributed by atoms with Crippen LogP contribution in [0.4, 0.5) is 26.3 Å². The lowest BCUT2D eigenvalue weighted by Gasteiger charge is -2.33. The molecule has 0 saturated carbocycles. The lowest BCUT2D eigenvalue weighted by atomic mass is 10.00. The lowest BCUT2D eigenvalue weighted by molar-refractivity contribution is -0.141. The van der Waals surface area contributed by atoms with Gasteiger partial charge in [0, 0.05) is 18.0 Å². The minimum atomic E-state index is -5.02. The summed E-state index contributed by atoms with van der Waals surface area (Å²) in [5, 5.41) is 2.09. The highest BCUT2D eigenvalue weighted by molar-refractivity contribution is 7.93. The van der Waals surface area contributed by atoms with Gasteiger partial charge in [-0.2, -0.15) is 26.3 Å². The second-order valence-electron chi connectivity index (χ2n) is 6.77. The summed E-state index contributed by atoms with van der Waals surface area (Å²) in [6.45, 7) is 2.09. The summed E-state index contributed by atoms with van der Waals surface area (Å²) in [6.07, 6.45) is -9.71. The maximum atomic E-state index is 13.3. The Morgan fingerprint density at radius 2 is 1.70 bits per heavy atom. The fourth-order valence-electron chi connectivity index (χ4n) is 2.63. The van der Waals surface area contributed by atoms with Crippen LogP contribution in [0, 0.1) is 0 Å². The van der Waals surface area contributed by atoms with Gasteiger partial charge in [0.2, 0.25) is 11.8 Å². The first-order valence-electron chi connectivity index (χ1n) is 8.86. The molecule has 2 amide bonds. The number of pyridine rings is 1. The number of hydrogen-bond acceptors (Lipinski definition) is 7. The number of primary amides is 1. The molecule has 0 aliphatic rings. The number of thiazole rings is 1. The van der Waals surface area contributed by atoms with Crippen LogP contribution in [-0.4, -0.2) is 34.9 Å². The standard InChI is InChI=1S/C17H16F6N4O4S2/c1-3-11(28)27-12(13-26-10(7-32-13)17(21,22)23)15(2,14(24)29)33(30,31)8-4-5-9(25-6-8)16(18,19)20/h4-7,12H,3H2,1-2H3,(H2,24,29)(H,27,28). The fourth-order valence-corrected chi connectivity index (χ4v) is 5.38. The van der Waals surface area contributed by atoms with E-state index in [9.17, 15) is 44.3 Å². The molecule has 16 heteroatoms. The van der Waals surface area contributed by atoms with Gasteiger partial charge in [0.15, 0.2) is 20.3 Å². The zero-order chi connectivity index (χ0) is 25.4. The summed E-state index contributed by atoms with van der Waals surface area (Å²) in [4.78, 5) is 29.9. The number of nitrogens with zero attached hydrogens (tertiary/aromatic N) is 2. The van der Waals surface area contributed by atoms with E-state index in [2.05, 4.69) is 15.3 Å². The number of sulfone groups is 1. The van der Waals surface area contributed by atoms with Crippen molar-refractivity contribution in [3.8, 4) is 0 Å². The molecule has 33 heavy (non-hydrogen) atoms. The van der Waals surface area contributed by atoms with Gasteiger partial charge >= 0.3 is 12.4 Å². The number of nitrogens with two attached hydrogens (primary N) is 1. The first-order chi connectivity index (χ1) is 15.0. The zero-order valence-corrected chi connectivity index (χ0v) is 18.4. The number of amides is 2. The SMILES string of the molecule is CCC(=O)NC(c1nc(C(F)(F)F)cs1)C(C)(C(N)=O)S(=O)(=O)c1ccc(C(F)(F)F)nc1. The quantitative estimate of drug-likeness (QED) is 0.542. The molecule has 0 spiro atoms. The van der Waals surface area contributed by atoms with Crippen molar-refractivity contribution < 1.29 is 44.3 Å². The molecule has 0 aliphatic carbocycles. The Kier molecular flexibility index (Phi) is 7.14. The predicted molar refractivity (Wildman–Crippen MR) is 102 cm³/mol. The van der Waals surface area contributed by atoms with Crippen molar-refractivity contribution in [2.24, 2.45) is 5.73 Å². The second kappa shape index (κ2) is 8.89. The van der Waals surface area contributed by atoms with E-state index < -0.39 is 66.1 Å². The van der Waals surface area contributed by atoms with Crippen LogP contribution in [0.5, 0.6) is 0 Å². The molecule has 0 fully saturated rings. The Hall–Kier alpha value is -2.75. The second-order valence-corrected chi connectivity index (χ2v) is 9.99. The van der Waals surface area contributed by atoms with Crippen molar-refractivity contribution in [2.45, 2.75) is 48.3 Å². The molecule has 0 saturated heterocycles. The number of nitrogens with one attached hydrogen (secondary N) is 1. The molecule has 2 atom stereocenters. The monoisotopic (exact) mass is 518 g/mol. The first kappa shape index (κ1) is 26.5. The minimum Gasteiger partial charge on any atom is -0.368 e. The number of hydrogen-bond donors (Lipinski definition) is 2. The molecule has 0 radical (unpaired) electrons. The predicted octanol–water partition coefficient (Wildman–Crippen LogP) is 2.86. The molecule has 182 valence electrons. The van der Waals surface area contributed by atoms with E-state index in [0.29, 0.717) is 35.0 Å². The van der Waals surface area contributed by atoms with Crippen LogP contribution in [0.15, 0.2) is 28.6 Å². The van der Waals surface area contributed by atoms with Gasteiger partial charge in [0.25, 0.3) is 0 Å². The number of alkyl halides is 6. The summed E-state index contributed by atoms with van der Waals surface area (Å²) in [5.74, 6) is -2.44. The van der Waals surface area contributed by atoms with Crippen LogP contribution in [0.25, 0.3) is 0 Å². The number of aromatic nitrogens is 2. The highest BCUT2D eigenvalue weighted by Gasteiger charge is 2.55. The van der Waals surface area contributed by atoms with Gasteiger partial charge in [-0.25, -0.2) is 13.4 Å². The Morgan fingerprint density at radius 1 is 1.12 bits per heavy atom. The van der Waals surface area contributed by atoms with Crippen molar-refractivity contribution in [1.82, 2.24) is 15.3 Å². The van der Waals surface area contributed by atoms with Gasteiger partial charge in [-0.3, -0.25) is 14.6 Å². The van der Waals surface area contributed by atoms with Gasteiger partial charge < -0.3 is 11.1 Å². The van der Waals surface area contributed by atoms with Crippen LogP contribution >= 0.6 is 11.3 Å². The van der Waals surface area contributed by atoms with Gasteiger partial charge in [-0.05, 0) is 19.1 Å². The molecule has 3 N–H and O–H groups in total. The number of carbonyl (C=O) groups is 2. The molecule has 2 aromatic heterocycles. The van der Waals surface area contributed by atoms with Crippen LogP contribution in [-0.2, 0) is 31.8 Å². The topological polar surface area (TPSA) is 132 Å². The highest BCUT2D eigenvalue weighted by Crippen LogP contribution is 2.40. The van der Waals surface area contributed by atoms with E-state index in [1.165, 1.54) is 6.92 Å². The molecule has 0 bridgehead atoms. The summed E-state index contributed by atoms with van der Waals surface area (Å²) < 4.78 is 101. The van der Waals surface area contributed by atoms with Crippen molar-refractivity contribution >= 4 is 33.0 Å². The van der Waals surface area contributed by atoms with Gasteiger partial charge in [0.05, 0.1) is 4.90 Å². The zero-order valence-electron chi connectivity index (χ0n) is 16.8. The third-order valence-electron chi connectivity index (χ3n) is 4.62. The summed E-state index contributed by atoms with van der Waals surface area (Å²) in [7, 11) is -5.02. The summed E-state index contributed by atoms with van der Waals surface area (Å²) in [6, 6.07) is -1.12. The molecule has 2 aromatic rings. The maximum absolute atomic E-state index is 13.3. The van der Waals surface area contributed by atoms with Crippen molar-refractivity contribution in [1.29, 1.82) is 0 Å². The Bertz CT molecular complexity index is 1150. The number of carbonyl (C=O) groups excluding carboxylic acids is 2. The number of halogens is 6. The molecule has 8 nitrogen and oxygen atoms in total. The van der Waals surface area contributed by atoms with E-state index in [0.717, 1.165) is 6.92 Å². The largest absolute Gasteiger partial charge is 0.434 e. The molecule has 0 aromatic carbocycles. The van der Waals surface area contributed by atoms with E-state index >= 15 is 0 Å². The van der Waals surface area contributed by atoms with Gasteiger partial charge in [-0.15, -0.1) is 11.3 Å². The van der Waals surface area contributed by atoms with Crippen LogP contribution < -0.4 is 11.1 Å². The van der Waals surface area contributed by atoms with E-state index in [-0.39, 0.29) is 6.42 Å².